The number of amides is 1. The van der Waals surface area contributed by atoms with E-state index < -0.39 is 0 Å². The molecule has 0 aliphatic rings. The van der Waals surface area contributed by atoms with Crippen molar-refractivity contribution < 1.29 is 9.90 Å². The minimum atomic E-state index is -0.229. The topological polar surface area (TPSA) is 66.6 Å². The van der Waals surface area contributed by atoms with Crippen LogP contribution < -0.4 is 5.32 Å². The lowest BCUT2D eigenvalue weighted by Crippen LogP contribution is -2.31. The summed E-state index contributed by atoms with van der Waals surface area (Å²) in [6, 6.07) is 5.50. The molecule has 0 radical (unpaired) electrons. The number of aliphatic hydroxyl groups is 1. The van der Waals surface area contributed by atoms with Crippen molar-refractivity contribution in [2.24, 2.45) is 0 Å². The number of hydrogen-bond acceptors (Lipinski definition) is 3. The van der Waals surface area contributed by atoms with Gasteiger partial charge in [-0.3, -0.25) is 9.20 Å². The molecule has 0 saturated carbocycles. The van der Waals surface area contributed by atoms with Gasteiger partial charge < -0.3 is 10.4 Å². The van der Waals surface area contributed by atoms with Crippen molar-refractivity contribution in [3.63, 3.8) is 0 Å². The van der Waals surface area contributed by atoms with Gasteiger partial charge in [-0.15, -0.1) is 0 Å². The van der Waals surface area contributed by atoms with Gasteiger partial charge in [0.15, 0.2) is 5.15 Å². The second-order valence-electron chi connectivity index (χ2n) is 4.47. The molecule has 0 fully saturated rings. The van der Waals surface area contributed by atoms with Crippen LogP contribution in [0.3, 0.4) is 0 Å². The van der Waals surface area contributed by atoms with Gasteiger partial charge in [0.2, 0.25) is 5.91 Å². The third-order valence-electron chi connectivity index (χ3n) is 2.87. The molecule has 2 aromatic heterocycles. The van der Waals surface area contributed by atoms with Crippen LogP contribution in [0.1, 0.15) is 19.0 Å². The average molecular weight is 294 g/mol. The molecule has 5 nitrogen and oxygen atoms in total. The first-order valence-corrected chi connectivity index (χ1v) is 6.71. The van der Waals surface area contributed by atoms with E-state index in [1.165, 1.54) is 6.08 Å². The number of hydrogen-bond donors (Lipinski definition) is 2. The molecule has 0 bridgehead atoms. The van der Waals surface area contributed by atoms with Crippen LogP contribution in [0.2, 0.25) is 5.15 Å². The maximum absolute atomic E-state index is 11.7. The molecule has 0 saturated heterocycles. The molecule has 2 aromatic rings. The molecule has 2 heterocycles. The van der Waals surface area contributed by atoms with Crippen LogP contribution in [0.5, 0.6) is 0 Å². The summed E-state index contributed by atoms with van der Waals surface area (Å²) >= 11 is 6.06. The van der Waals surface area contributed by atoms with Crippen LogP contribution >= 0.6 is 11.6 Å². The van der Waals surface area contributed by atoms with E-state index in [1.807, 2.05) is 35.7 Å². The molecule has 1 amide bonds. The standard InChI is InChI=1S/C14H16ClN3O2/c1-10(7-9-19)16-13(20)6-5-11-14(15)17-12-4-2-3-8-18(11)12/h2-6,8,10,19H,7,9H2,1H3,(H,16,20)/b6-5+. The quantitative estimate of drug-likeness (QED) is 0.827. The SMILES string of the molecule is CC(CCO)NC(=O)/C=C/c1c(Cl)nc2ccccn12. The molecule has 0 aromatic carbocycles. The third-order valence-corrected chi connectivity index (χ3v) is 3.14. The highest BCUT2D eigenvalue weighted by molar-refractivity contribution is 6.31. The second kappa shape index (κ2) is 6.54. The van der Waals surface area contributed by atoms with E-state index in [0.717, 1.165) is 5.65 Å². The Morgan fingerprint density at radius 1 is 1.60 bits per heavy atom. The van der Waals surface area contributed by atoms with Crippen LogP contribution in [0.25, 0.3) is 11.7 Å². The lowest BCUT2D eigenvalue weighted by atomic mass is 10.2. The van der Waals surface area contributed by atoms with E-state index in [4.69, 9.17) is 16.7 Å². The summed E-state index contributed by atoms with van der Waals surface area (Å²) in [7, 11) is 0. The van der Waals surface area contributed by atoms with Gasteiger partial charge >= 0.3 is 0 Å². The smallest absolute Gasteiger partial charge is 0.244 e. The predicted molar refractivity (Wildman–Crippen MR) is 78.5 cm³/mol. The zero-order valence-corrected chi connectivity index (χ0v) is 11.8. The van der Waals surface area contributed by atoms with Crippen LogP contribution in [-0.4, -0.2) is 33.0 Å². The average Bonchev–Trinajstić information content (AvgIpc) is 2.72. The number of nitrogens with one attached hydrogen (secondary N) is 1. The van der Waals surface area contributed by atoms with Crippen LogP contribution in [0.4, 0.5) is 0 Å². The highest BCUT2D eigenvalue weighted by Gasteiger charge is 2.08. The lowest BCUT2D eigenvalue weighted by molar-refractivity contribution is -0.117. The van der Waals surface area contributed by atoms with Gasteiger partial charge in [0.25, 0.3) is 0 Å². The maximum Gasteiger partial charge on any atom is 0.244 e. The van der Waals surface area contributed by atoms with Crippen molar-refractivity contribution in [3.8, 4) is 0 Å². The maximum atomic E-state index is 11.7. The highest BCUT2D eigenvalue weighted by atomic mass is 35.5. The van der Waals surface area contributed by atoms with E-state index in [2.05, 4.69) is 10.3 Å². The monoisotopic (exact) mass is 293 g/mol. The van der Waals surface area contributed by atoms with Gasteiger partial charge in [-0.2, -0.15) is 0 Å². The van der Waals surface area contributed by atoms with Crippen molar-refractivity contribution >= 4 is 29.2 Å². The van der Waals surface area contributed by atoms with Gasteiger partial charge in [0.1, 0.15) is 5.65 Å². The first kappa shape index (κ1) is 14.6. The molecule has 1 unspecified atom stereocenters. The molecule has 1 atom stereocenters. The zero-order chi connectivity index (χ0) is 14.5. The second-order valence-corrected chi connectivity index (χ2v) is 4.83. The minimum absolute atomic E-state index is 0.0459. The van der Waals surface area contributed by atoms with E-state index in [-0.39, 0.29) is 18.6 Å². The van der Waals surface area contributed by atoms with Crippen molar-refractivity contribution in [1.82, 2.24) is 14.7 Å². The molecule has 0 spiro atoms. The molecule has 6 heteroatoms. The summed E-state index contributed by atoms with van der Waals surface area (Å²) in [6.45, 7) is 1.88. The zero-order valence-electron chi connectivity index (χ0n) is 11.1. The van der Waals surface area contributed by atoms with Crippen molar-refractivity contribution in [3.05, 3.63) is 41.3 Å². The molecule has 2 N–H and O–H groups in total. The van der Waals surface area contributed by atoms with Gasteiger partial charge in [0, 0.05) is 24.9 Å². The molecule has 2 rings (SSSR count). The first-order chi connectivity index (χ1) is 9.61. The molecule has 0 aliphatic heterocycles. The normalized spacial score (nSPS) is 12.9. The summed E-state index contributed by atoms with van der Waals surface area (Å²) in [5, 5.41) is 11.9. The Labute approximate surface area is 121 Å². The summed E-state index contributed by atoms with van der Waals surface area (Å²) in [5.74, 6) is -0.229. The largest absolute Gasteiger partial charge is 0.396 e. The number of imidazole rings is 1. The molecular formula is C14H16ClN3O2. The Bertz CT molecular complexity index is 636. The van der Waals surface area contributed by atoms with Crippen molar-refractivity contribution in [1.29, 1.82) is 0 Å². The Hall–Kier alpha value is -1.85. The number of carbonyl (C=O) groups excluding carboxylic acids is 1. The number of pyridine rings is 1. The minimum Gasteiger partial charge on any atom is -0.396 e. The fourth-order valence-corrected chi connectivity index (χ4v) is 2.09. The number of nitrogens with zero attached hydrogens (tertiary/aromatic N) is 2. The number of aromatic nitrogens is 2. The summed E-state index contributed by atoms with van der Waals surface area (Å²) in [5.41, 5.74) is 1.39. The summed E-state index contributed by atoms with van der Waals surface area (Å²) in [4.78, 5) is 15.9. The fourth-order valence-electron chi connectivity index (χ4n) is 1.85. The van der Waals surface area contributed by atoms with Gasteiger partial charge in [0.05, 0.1) is 5.69 Å². The number of fused-ring (bicyclic) bond motifs is 1. The van der Waals surface area contributed by atoms with E-state index >= 15 is 0 Å². The number of halogens is 1. The predicted octanol–water partition coefficient (Wildman–Crippen LogP) is 1.89. The van der Waals surface area contributed by atoms with Gasteiger partial charge in [-0.1, -0.05) is 17.7 Å². The Balaban J connectivity index is 2.13. The van der Waals surface area contributed by atoms with Gasteiger partial charge in [-0.25, -0.2) is 4.98 Å². The molecule has 106 valence electrons. The fraction of sp³-hybridized carbons (Fsp3) is 0.286. The van der Waals surface area contributed by atoms with Crippen LogP contribution in [-0.2, 0) is 4.79 Å². The Morgan fingerprint density at radius 3 is 3.15 bits per heavy atom. The van der Waals surface area contributed by atoms with E-state index in [9.17, 15) is 4.79 Å². The van der Waals surface area contributed by atoms with Crippen LogP contribution in [0, 0.1) is 0 Å². The molecule has 20 heavy (non-hydrogen) atoms. The Morgan fingerprint density at radius 2 is 2.40 bits per heavy atom. The van der Waals surface area contributed by atoms with E-state index in [1.54, 1.807) is 6.08 Å². The molecular weight excluding hydrogens is 278 g/mol. The molecule has 0 aliphatic carbocycles. The number of aliphatic hydroxyl groups excluding tert-OH is 1. The Kier molecular flexibility index (Phi) is 4.76. The highest BCUT2D eigenvalue weighted by Crippen LogP contribution is 2.18. The van der Waals surface area contributed by atoms with Crippen LogP contribution in [0.15, 0.2) is 30.5 Å². The van der Waals surface area contributed by atoms with Crippen molar-refractivity contribution in [2.45, 2.75) is 19.4 Å². The van der Waals surface area contributed by atoms with Gasteiger partial charge in [-0.05, 0) is 31.6 Å². The number of rotatable bonds is 5. The third kappa shape index (κ3) is 3.37. The number of carbonyl (C=O) groups is 1. The lowest BCUT2D eigenvalue weighted by Gasteiger charge is -2.09. The summed E-state index contributed by atoms with van der Waals surface area (Å²) in [6.07, 6.45) is 5.40. The summed E-state index contributed by atoms with van der Waals surface area (Å²) < 4.78 is 1.81. The first-order valence-electron chi connectivity index (χ1n) is 6.34. The van der Waals surface area contributed by atoms with Crippen molar-refractivity contribution in [2.75, 3.05) is 6.61 Å². The van der Waals surface area contributed by atoms with E-state index in [0.29, 0.717) is 17.3 Å².